The zero-order valence-corrected chi connectivity index (χ0v) is 70.9. The van der Waals surface area contributed by atoms with E-state index in [1.807, 2.05) is 53.2 Å². The molecule has 0 fully saturated rings. The lowest BCUT2D eigenvalue weighted by molar-refractivity contribution is -0.145. The summed E-state index contributed by atoms with van der Waals surface area (Å²) >= 11 is 0. The lowest BCUT2D eigenvalue weighted by atomic mass is 10.1. The highest BCUT2D eigenvalue weighted by molar-refractivity contribution is 6.04. The van der Waals surface area contributed by atoms with Crippen LogP contribution in [0.3, 0.4) is 0 Å². The Balaban J connectivity index is 6.37. The van der Waals surface area contributed by atoms with Crippen molar-refractivity contribution in [2.24, 2.45) is 22.9 Å². The second-order valence-electron chi connectivity index (χ2n) is 28.1. The maximum Gasteiger partial charge on any atom is 0.328 e. The van der Waals surface area contributed by atoms with Crippen molar-refractivity contribution in [3.8, 4) is 0 Å². The number of aliphatic hydroxyl groups excluding tert-OH is 8. The fourth-order valence-corrected chi connectivity index (χ4v) is 10.4. The van der Waals surface area contributed by atoms with E-state index >= 15 is 0 Å². The van der Waals surface area contributed by atoms with Crippen LogP contribution in [0.4, 0.5) is 0 Å². The van der Waals surface area contributed by atoms with Crippen LogP contribution in [0.1, 0.15) is 57.8 Å². The van der Waals surface area contributed by atoms with Crippen LogP contribution in [0, 0.1) is 0 Å². The molecule has 69 heteroatoms. The van der Waals surface area contributed by atoms with Gasteiger partial charge in [-0.2, -0.15) is 0 Å². The van der Waals surface area contributed by atoms with Gasteiger partial charge in [0, 0.05) is 0 Å². The van der Waals surface area contributed by atoms with Gasteiger partial charge in [0.25, 0.3) is 0 Å². The van der Waals surface area contributed by atoms with Gasteiger partial charge in [0.15, 0.2) is 0 Å². The van der Waals surface area contributed by atoms with E-state index in [0.717, 1.165) is 0 Å². The van der Waals surface area contributed by atoms with Gasteiger partial charge in [-0.3, -0.25) is 139 Å². The van der Waals surface area contributed by atoms with E-state index in [4.69, 9.17) is 28.0 Å². The van der Waals surface area contributed by atoms with Crippen molar-refractivity contribution in [1.82, 2.24) is 106 Å². The van der Waals surface area contributed by atoms with E-state index in [1.165, 1.54) is 0 Å². The summed E-state index contributed by atoms with van der Waals surface area (Å²) in [4.78, 5) is 380. The summed E-state index contributed by atoms with van der Waals surface area (Å²) < 4.78 is 0. The molecular formula is C68H102N24O45. The quantitative estimate of drug-likeness (QED) is 0.0269. The highest BCUT2D eigenvalue weighted by atomic mass is 16.4. The molecule has 0 radical (unpaired) electrons. The minimum atomic E-state index is -2.50. The van der Waals surface area contributed by atoms with Crippen LogP contribution in [0.2, 0.25) is 0 Å². The molecule has 23 amide bonds. The van der Waals surface area contributed by atoms with Gasteiger partial charge in [-0.25, -0.2) is 4.79 Å². The third-order valence-electron chi connectivity index (χ3n) is 17.2. The minimum absolute atomic E-state index is 0.719. The van der Waals surface area contributed by atoms with Crippen molar-refractivity contribution in [2.75, 3.05) is 79.0 Å². The Kier molecular flexibility index (Phi) is 54.2. The van der Waals surface area contributed by atoms with Crippen molar-refractivity contribution in [3.63, 3.8) is 0 Å². The number of carbonyl (C=O) groups excluding carboxylic acids is 23. The van der Waals surface area contributed by atoms with Crippen LogP contribution >= 0.6 is 0 Å². The molecule has 69 nitrogen and oxygen atoms in total. The first-order valence-corrected chi connectivity index (χ1v) is 38.9. The Morgan fingerprint density at radius 1 is 0.175 bits per heavy atom. The van der Waals surface area contributed by atoms with Crippen molar-refractivity contribution in [1.29, 1.82) is 0 Å². The van der Waals surface area contributed by atoms with Gasteiger partial charge >= 0.3 is 41.8 Å². The van der Waals surface area contributed by atoms with Gasteiger partial charge in [-0.1, -0.05) is 0 Å². The predicted octanol–water partition coefficient (Wildman–Crippen LogP) is -27.0. The van der Waals surface area contributed by atoms with Crippen LogP contribution in [0.5, 0.6) is 0 Å². The molecule has 0 aromatic carbocycles. The van der Waals surface area contributed by atoms with Gasteiger partial charge in [0.05, 0.1) is 143 Å². The number of rotatable bonds is 67. The summed E-state index contributed by atoms with van der Waals surface area (Å²) in [5, 5.41) is 181. The first-order valence-electron chi connectivity index (χ1n) is 38.9. The van der Waals surface area contributed by atoms with Crippen LogP contribution in [-0.2, 0) is 144 Å². The van der Waals surface area contributed by atoms with E-state index in [-0.39, 0.29) is 0 Å². The summed E-state index contributed by atoms with van der Waals surface area (Å²) in [5.74, 6) is -47.5. The molecular weight excluding hydrogens is 1870 g/mol. The molecule has 0 aromatic heterocycles. The standard InChI is InChI=1S/C68H102N24O45/c69-22(1-39(70)101)52(120)81-25(4-46(108)109)53(121)73-10-42(104)77-31(14-93)55(123)75-12-44(106)79-33(16-95)63(131)86-28(7-49(114)115)60(128)89-36(19-98)66(134)83-24(3-41(72)103)58(126)85-27(6-48(112)113)59(127)91-37(20-99)67(135)88-29(8-50(116)117)61(129)90-35(18-97)65(133)82-23(2-40(71)102)57(125)84-26(5-47(110)111)54(122)74-11-43(105)78-32(15-94)56(124)76-13-45(107)80-34(17-96)64(132)87-30(9-51(118)119)62(130)92-38(21-100)68(136)137/h22-38,93-100H,1-21,69H2,(H2,70,101)(H2,71,102)(H2,72,103)(H,73,121)(H,74,122)(H,75,123)(H,76,124)(H,77,104)(H,78,105)(H,79,106)(H,80,107)(H,81,120)(H,82,133)(H,83,134)(H,84,125)(H,85,126)(H,86,131)(H,87,132)(H,88,135)(H,89,128)(H,90,129)(H,91,127)(H,92,130)(H,108,109)(H,110,111)(H,112,113)(H,114,115)(H,116,117)(H,118,119)(H,136,137)/t22-,23-,24-,25-,26-,27-,28-,29-,30-,31-,32-,33-,34-,35-,36-,37-,38-/m0/s1. The highest BCUT2D eigenvalue weighted by Gasteiger charge is 2.41. The molecule has 0 unspecified atom stereocenters. The highest BCUT2D eigenvalue weighted by Crippen LogP contribution is 2.08. The van der Waals surface area contributed by atoms with Crippen LogP contribution < -0.4 is 129 Å². The van der Waals surface area contributed by atoms with Crippen LogP contribution in [-0.4, -0.2) is 436 Å². The van der Waals surface area contributed by atoms with E-state index in [0.29, 0.717) is 0 Å². The molecule has 0 aromatic rings. The average molecular weight is 1980 g/mol. The van der Waals surface area contributed by atoms with E-state index in [1.54, 1.807) is 53.2 Å². The number of carboxylic acids is 7. The van der Waals surface area contributed by atoms with E-state index < -0.39 is 417 Å². The second-order valence-corrected chi connectivity index (χ2v) is 28.1. The third-order valence-corrected chi connectivity index (χ3v) is 17.2. The maximum absolute atomic E-state index is 13.7. The number of nitrogens with one attached hydrogen (secondary N) is 20. The molecule has 764 valence electrons. The average Bonchev–Trinajstić information content (AvgIpc) is 0.850. The molecule has 0 spiro atoms. The van der Waals surface area contributed by atoms with Gasteiger partial charge < -0.3 is 206 Å². The first-order chi connectivity index (χ1) is 63.9. The van der Waals surface area contributed by atoms with Gasteiger partial charge in [0.1, 0.15) is 96.7 Å². The van der Waals surface area contributed by atoms with E-state index in [9.17, 15) is 215 Å². The number of aliphatic carboxylic acids is 7. The number of carbonyl (C=O) groups is 30. The predicted molar refractivity (Wildman–Crippen MR) is 430 cm³/mol. The number of primary amides is 3. The second kappa shape index (κ2) is 61.5. The fraction of sp³-hybridized carbons (Fsp3) is 0.559. The lowest BCUT2D eigenvalue weighted by Crippen LogP contribution is -2.62. The molecule has 0 bridgehead atoms. The normalized spacial score (nSPS) is 14.4. The Hall–Kier alpha value is -16.3. The monoisotopic (exact) mass is 1970 g/mol. The fourth-order valence-electron chi connectivity index (χ4n) is 10.4. The molecule has 0 rings (SSSR count). The Morgan fingerprint density at radius 2 is 0.314 bits per heavy atom. The van der Waals surface area contributed by atoms with Crippen molar-refractivity contribution in [3.05, 3.63) is 0 Å². The Bertz CT molecular complexity index is 4480. The topological polar surface area (TPSA) is 1160 Å². The van der Waals surface area contributed by atoms with Gasteiger partial charge in [-0.05, 0) is 0 Å². The minimum Gasteiger partial charge on any atom is -0.481 e. The summed E-state index contributed by atoms with van der Waals surface area (Å²) in [6.07, 6.45) is -11.5. The molecule has 0 saturated heterocycles. The summed E-state index contributed by atoms with van der Waals surface area (Å²) in [6, 6.07) is -37.3. The molecule has 17 atom stereocenters. The number of carboxylic acid groups (broad SMARTS) is 7. The summed E-state index contributed by atoms with van der Waals surface area (Å²) in [7, 11) is 0. The summed E-state index contributed by atoms with van der Waals surface area (Å²) in [6.45, 7) is -15.6. The smallest absolute Gasteiger partial charge is 0.328 e. The number of aliphatic hydroxyl groups is 8. The third kappa shape index (κ3) is 47.1. The molecule has 0 heterocycles. The molecule has 0 aliphatic heterocycles. The molecule has 43 N–H and O–H groups in total. The number of amides is 23. The SMILES string of the molecule is NC(=O)C[C@H](NC(=O)[C@H](CO)NC(=O)[C@H](CC(=O)O)NC(=O)[C@H](CO)NC(=O)[C@H](CC(=O)O)NC(=O)[C@H](CC(N)=O)NC(=O)[C@H](CO)NC(=O)[C@H](CC(=O)O)NC(=O)[C@H](CO)NC(=O)CNC(=O)[C@H](CO)NC(=O)CNC(=O)[C@H](CC(=O)O)NC(=O)[C@@H](N)CC(N)=O)C(=O)N[C@@H](CC(=O)O)C(=O)NCC(=O)N[C@@H](CO)C(=O)NCC(=O)N[C@@H](CO)C(=O)N[C@@H](CC(=O)O)C(=O)N[C@@H](CO)C(=O)O. The van der Waals surface area contributed by atoms with Gasteiger partial charge in [-0.15, -0.1) is 0 Å². The molecule has 0 aliphatic rings. The van der Waals surface area contributed by atoms with Gasteiger partial charge in [0.2, 0.25) is 136 Å². The number of nitrogens with two attached hydrogens (primary N) is 4. The van der Waals surface area contributed by atoms with Crippen molar-refractivity contribution in [2.45, 2.75) is 160 Å². The summed E-state index contributed by atoms with van der Waals surface area (Å²) in [5.41, 5.74) is 20.9. The Morgan fingerprint density at radius 3 is 0.489 bits per heavy atom. The Labute approximate surface area is 764 Å². The maximum atomic E-state index is 13.7. The zero-order chi connectivity index (χ0) is 105. The number of hydrogen-bond acceptors (Lipinski definition) is 39. The largest absolute Gasteiger partial charge is 0.481 e. The molecule has 137 heavy (non-hydrogen) atoms. The van der Waals surface area contributed by atoms with Crippen molar-refractivity contribution >= 4 is 178 Å². The van der Waals surface area contributed by atoms with Crippen LogP contribution in [0.15, 0.2) is 0 Å². The first kappa shape index (κ1) is 121. The lowest BCUT2D eigenvalue weighted by Gasteiger charge is -2.26. The van der Waals surface area contributed by atoms with E-state index in [2.05, 4.69) is 0 Å². The van der Waals surface area contributed by atoms with Crippen LogP contribution in [0.25, 0.3) is 0 Å². The molecule has 0 saturated carbocycles. The number of hydrogen-bond donors (Lipinski definition) is 39. The van der Waals surface area contributed by atoms with Crippen molar-refractivity contribution < 1.29 is 220 Å². The molecule has 0 aliphatic carbocycles. The zero-order valence-electron chi connectivity index (χ0n) is 70.9.